The molecule has 1 aliphatic heterocycles. The maximum Gasteiger partial charge on any atom is 0.537 e. The molecule has 0 radical (unpaired) electrons. The van der Waals surface area contributed by atoms with E-state index < -0.39 is 8.80 Å². The Morgan fingerprint density at radius 3 is 2.47 bits per heavy atom. The van der Waals surface area contributed by atoms with Crippen LogP contribution in [-0.4, -0.2) is 27.6 Å². The van der Waals surface area contributed by atoms with E-state index in [4.69, 9.17) is 13.3 Å². The maximum atomic E-state index is 6.16. The van der Waals surface area contributed by atoms with Crippen LogP contribution in [-0.2, 0) is 13.3 Å². The highest BCUT2D eigenvalue weighted by Crippen LogP contribution is 2.31. The van der Waals surface area contributed by atoms with Crippen molar-refractivity contribution in [3.8, 4) is 0 Å². The quantitative estimate of drug-likeness (QED) is 0.754. The summed E-state index contributed by atoms with van der Waals surface area (Å²) in [5.74, 6) is 0. The maximum absolute atomic E-state index is 6.16. The monoisotopic (exact) mass is 252 g/mol. The van der Waals surface area contributed by atoms with Gasteiger partial charge in [0.2, 0.25) is 0 Å². The molecule has 1 aromatic rings. The van der Waals surface area contributed by atoms with Gasteiger partial charge < -0.3 is 13.3 Å². The molecule has 0 N–H and O–H groups in total. The summed E-state index contributed by atoms with van der Waals surface area (Å²) in [5, 5.41) is 1.03. The standard InChI is InChI=1S/C13H20O3Si/c1-11-10-13(2,3)16-17(14-4,15-11)12-8-6-5-7-9-12/h5-9,11H,10H2,1-4H3. The van der Waals surface area contributed by atoms with Crippen molar-refractivity contribution in [1.29, 1.82) is 0 Å². The summed E-state index contributed by atoms with van der Waals surface area (Å²) in [6.45, 7) is 6.26. The van der Waals surface area contributed by atoms with Crippen molar-refractivity contribution in [2.75, 3.05) is 7.11 Å². The molecule has 2 atom stereocenters. The molecule has 4 heteroatoms. The summed E-state index contributed by atoms with van der Waals surface area (Å²) in [4.78, 5) is 0. The molecular formula is C13H20O3Si. The Morgan fingerprint density at radius 1 is 1.29 bits per heavy atom. The lowest BCUT2D eigenvalue weighted by Gasteiger charge is -2.44. The number of hydrogen-bond acceptors (Lipinski definition) is 3. The zero-order valence-electron chi connectivity index (χ0n) is 10.9. The first kappa shape index (κ1) is 12.8. The van der Waals surface area contributed by atoms with Crippen molar-refractivity contribution in [3.63, 3.8) is 0 Å². The van der Waals surface area contributed by atoms with Crippen LogP contribution in [0.2, 0.25) is 0 Å². The van der Waals surface area contributed by atoms with E-state index in [2.05, 4.69) is 20.8 Å². The van der Waals surface area contributed by atoms with Gasteiger partial charge >= 0.3 is 8.80 Å². The third-order valence-electron chi connectivity index (χ3n) is 2.94. The lowest BCUT2D eigenvalue weighted by atomic mass is 10.0. The van der Waals surface area contributed by atoms with Gasteiger partial charge in [0, 0.05) is 18.4 Å². The van der Waals surface area contributed by atoms with Gasteiger partial charge in [-0.15, -0.1) is 0 Å². The Bertz CT molecular complexity index is 380. The van der Waals surface area contributed by atoms with Crippen molar-refractivity contribution in [1.82, 2.24) is 0 Å². The average molecular weight is 252 g/mol. The van der Waals surface area contributed by atoms with Gasteiger partial charge in [-0.25, -0.2) is 0 Å². The van der Waals surface area contributed by atoms with Crippen LogP contribution in [0.5, 0.6) is 0 Å². The third-order valence-corrected chi connectivity index (χ3v) is 6.05. The van der Waals surface area contributed by atoms with Crippen LogP contribution < -0.4 is 5.19 Å². The van der Waals surface area contributed by atoms with Crippen molar-refractivity contribution < 1.29 is 13.3 Å². The largest absolute Gasteiger partial charge is 0.537 e. The molecule has 3 nitrogen and oxygen atoms in total. The lowest BCUT2D eigenvalue weighted by molar-refractivity contribution is -0.0764. The highest BCUT2D eigenvalue weighted by atomic mass is 28.4. The van der Waals surface area contributed by atoms with Gasteiger partial charge in [-0.1, -0.05) is 30.3 Å². The minimum Gasteiger partial charge on any atom is -0.373 e. The Labute approximate surface area is 104 Å². The normalized spacial score (nSPS) is 32.4. The van der Waals surface area contributed by atoms with Crippen LogP contribution in [0.25, 0.3) is 0 Å². The highest BCUT2D eigenvalue weighted by Gasteiger charge is 2.52. The Morgan fingerprint density at radius 2 is 1.94 bits per heavy atom. The first-order valence-electron chi connectivity index (χ1n) is 5.96. The SMILES string of the molecule is CO[Si]1(c2ccccc2)OC(C)CC(C)(C)O1. The summed E-state index contributed by atoms with van der Waals surface area (Å²) in [5.41, 5.74) is -0.199. The molecule has 2 unspecified atom stereocenters. The molecule has 0 saturated carbocycles. The van der Waals surface area contributed by atoms with Crippen molar-refractivity contribution >= 4 is 14.0 Å². The van der Waals surface area contributed by atoms with Crippen LogP contribution in [0.3, 0.4) is 0 Å². The summed E-state index contributed by atoms with van der Waals surface area (Å²) in [6.07, 6.45) is 1.04. The molecule has 0 aliphatic carbocycles. The summed E-state index contributed by atoms with van der Waals surface area (Å²) in [6, 6.07) is 10.00. The molecule has 2 rings (SSSR count). The second-order valence-corrected chi connectivity index (χ2v) is 7.66. The fourth-order valence-electron chi connectivity index (χ4n) is 2.41. The van der Waals surface area contributed by atoms with E-state index in [0.29, 0.717) is 0 Å². The van der Waals surface area contributed by atoms with Gasteiger partial charge in [0.25, 0.3) is 0 Å². The fraction of sp³-hybridized carbons (Fsp3) is 0.538. The van der Waals surface area contributed by atoms with Crippen LogP contribution in [0.15, 0.2) is 30.3 Å². The lowest BCUT2D eigenvalue weighted by Crippen LogP contribution is -2.64. The van der Waals surface area contributed by atoms with E-state index in [9.17, 15) is 0 Å². The third kappa shape index (κ3) is 2.60. The van der Waals surface area contributed by atoms with E-state index in [0.717, 1.165) is 11.6 Å². The summed E-state index contributed by atoms with van der Waals surface area (Å²) >= 11 is 0. The van der Waals surface area contributed by atoms with Gasteiger partial charge in [0.05, 0.1) is 5.60 Å². The van der Waals surface area contributed by atoms with Crippen molar-refractivity contribution in [2.24, 2.45) is 0 Å². The molecule has 1 saturated heterocycles. The van der Waals surface area contributed by atoms with Crippen LogP contribution in [0.4, 0.5) is 0 Å². The Balaban J connectivity index is 2.37. The molecule has 17 heavy (non-hydrogen) atoms. The number of hydrogen-bond donors (Lipinski definition) is 0. The molecule has 1 heterocycles. The van der Waals surface area contributed by atoms with Crippen LogP contribution in [0.1, 0.15) is 27.2 Å². The molecule has 0 spiro atoms. The second-order valence-electron chi connectivity index (χ2n) is 5.12. The van der Waals surface area contributed by atoms with E-state index in [-0.39, 0.29) is 11.7 Å². The first-order chi connectivity index (χ1) is 7.97. The van der Waals surface area contributed by atoms with E-state index >= 15 is 0 Å². The fourth-order valence-corrected chi connectivity index (χ4v) is 5.15. The zero-order chi connectivity index (χ0) is 12.5. The minimum absolute atomic E-state index is 0.158. The molecular weight excluding hydrogens is 232 g/mol. The first-order valence-corrected chi connectivity index (χ1v) is 7.69. The Kier molecular flexibility index (Phi) is 3.40. The van der Waals surface area contributed by atoms with Gasteiger partial charge in [-0.05, 0) is 27.2 Å². The molecule has 1 fully saturated rings. The Hall–Kier alpha value is -0.683. The highest BCUT2D eigenvalue weighted by molar-refractivity contribution is 6.75. The van der Waals surface area contributed by atoms with Crippen molar-refractivity contribution in [3.05, 3.63) is 30.3 Å². The van der Waals surface area contributed by atoms with Crippen LogP contribution in [0, 0.1) is 0 Å². The van der Waals surface area contributed by atoms with Crippen molar-refractivity contribution in [2.45, 2.75) is 38.9 Å². The van der Waals surface area contributed by atoms with Crippen LogP contribution >= 0.6 is 0 Å². The average Bonchev–Trinajstić information content (AvgIpc) is 2.27. The molecule has 0 bridgehead atoms. The van der Waals surface area contributed by atoms with E-state index in [1.54, 1.807) is 7.11 Å². The summed E-state index contributed by atoms with van der Waals surface area (Å²) in [7, 11) is -1.06. The predicted octanol–water partition coefficient (Wildman–Crippen LogP) is 2.08. The molecule has 94 valence electrons. The summed E-state index contributed by atoms with van der Waals surface area (Å²) < 4.78 is 17.9. The topological polar surface area (TPSA) is 27.7 Å². The number of benzene rings is 1. The molecule has 1 aromatic carbocycles. The molecule has 1 aliphatic rings. The van der Waals surface area contributed by atoms with Gasteiger partial charge in [-0.2, -0.15) is 0 Å². The van der Waals surface area contributed by atoms with Gasteiger partial charge in [-0.3, -0.25) is 0 Å². The number of rotatable bonds is 2. The van der Waals surface area contributed by atoms with Gasteiger partial charge in [0.1, 0.15) is 0 Å². The smallest absolute Gasteiger partial charge is 0.373 e. The predicted molar refractivity (Wildman–Crippen MR) is 69.2 cm³/mol. The minimum atomic E-state index is -2.73. The second kappa shape index (κ2) is 4.53. The zero-order valence-corrected chi connectivity index (χ0v) is 11.9. The van der Waals surface area contributed by atoms with Gasteiger partial charge in [0.15, 0.2) is 0 Å². The van der Waals surface area contributed by atoms with E-state index in [1.165, 1.54) is 0 Å². The van der Waals surface area contributed by atoms with E-state index in [1.807, 2.05) is 30.3 Å². The molecule has 0 amide bonds. The molecule has 0 aromatic heterocycles.